The van der Waals surface area contributed by atoms with Crippen LogP contribution in [-0.4, -0.2) is 126 Å². The summed E-state index contributed by atoms with van der Waals surface area (Å²) in [6, 6.07) is 14.8. The number of nitriles is 1. The number of aliphatic hydroxyl groups is 1. The molecule has 22 nitrogen and oxygen atoms in total. The van der Waals surface area contributed by atoms with Gasteiger partial charge >= 0.3 is 30.2 Å². The van der Waals surface area contributed by atoms with Crippen LogP contribution >= 0.6 is 11.3 Å². The number of allylic oxidation sites excluding steroid dienone is 1. The maximum absolute atomic E-state index is 15.5. The third-order valence-corrected chi connectivity index (χ3v) is 12.2. The Kier molecular flexibility index (Phi) is 20.3. The number of rotatable bonds is 22. The highest BCUT2D eigenvalue weighted by atomic mass is 32.1. The van der Waals surface area contributed by atoms with Gasteiger partial charge in [0.2, 0.25) is 18.8 Å². The minimum Gasteiger partial charge on any atom is -0.460 e. The number of esters is 2. The molecule has 5 aromatic rings. The summed E-state index contributed by atoms with van der Waals surface area (Å²) in [5.41, 5.74) is -0.118. The molecule has 396 valence electrons. The molecule has 0 spiro atoms. The molecular weight excluding hydrogens is 1000 g/mol. The summed E-state index contributed by atoms with van der Waals surface area (Å²) in [6.45, 7) is 8.03. The van der Waals surface area contributed by atoms with Gasteiger partial charge in [0.1, 0.15) is 55.2 Å². The first-order chi connectivity index (χ1) is 35.7. The van der Waals surface area contributed by atoms with Crippen LogP contribution in [0.4, 0.5) is 29.0 Å². The Labute approximate surface area is 434 Å². The van der Waals surface area contributed by atoms with E-state index in [9.17, 15) is 38.7 Å². The molecule has 5 rings (SSSR count). The van der Waals surface area contributed by atoms with Crippen molar-refractivity contribution in [1.29, 1.82) is 5.26 Å². The zero-order valence-electron chi connectivity index (χ0n) is 42.3. The van der Waals surface area contributed by atoms with Crippen LogP contribution in [0.5, 0.6) is 0 Å². The second-order valence-electron chi connectivity index (χ2n) is 16.6. The average Bonchev–Trinajstić information content (AvgIpc) is 4.08. The van der Waals surface area contributed by atoms with E-state index in [0.717, 1.165) is 32.9 Å². The van der Waals surface area contributed by atoms with Gasteiger partial charge in [0.05, 0.1) is 28.9 Å². The van der Waals surface area contributed by atoms with Gasteiger partial charge in [0.25, 0.3) is 6.33 Å². The number of aromatic nitrogens is 5. The Morgan fingerprint density at radius 1 is 1.01 bits per heavy atom. The fourth-order valence-electron chi connectivity index (χ4n) is 7.09. The first-order valence-corrected chi connectivity index (χ1v) is 23.7. The number of aliphatic imine (C=N–C) groups is 1. The summed E-state index contributed by atoms with van der Waals surface area (Å²) in [5, 5.41) is 30.8. The number of amides is 3. The van der Waals surface area contributed by atoms with E-state index in [2.05, 4.69) is 33.2 Å². The number of carbonyl (C=O) groups is 5. The summed E-state index contributed by atoms with van der Waals surface area (Å²) in [6.07, 6.45) is 1.84. The number of nitrogens with one attached hydrogen (secondary N) is 1. The van der Waals surface area contributed by atoms with E-state index in [4.69, 9.17) is 28.7 Å². The average molecular weight is 1060 g/mol. The zero-order chi connectivity index (χ0) is 55.0. The predicted octanol–water partition coefficient (Wildman–Crippen LogP) is 6.10. The second kappa shape index (κ2) is 26.5. The van der Waals surface area contributed by atoms with Gasteiger partial charge in [0, 0.05) is 79.8 Å². The number of benzene rings is 2. The van der Waals surface area contributed by atoms with Crippen molar-refractivity contribution >= 4 is 54.1 Å². The summed E-state index contributed by atoms with van der Waals surface area (Å²) in [5.74, 6) is -3.90. The van der Waals surface area contributed by atoms with Gasteiger partial charge in [-0.15, -0.1) is 16.0 Å². The van der Waals surface area contributed by atoms with Crippen molar-refractivity contribution in [3.05, 3.63) is 136 Å². The number of halogens is 2. The quantitative estimate of drug-likeness (QED) is 0.0198. The lowest BCUT2D eigenvalue weighted by atomic mass is 9.82. The Balaban J connectivity index is 1.19. The summed E-state index contributed by atoms with van der Waals surface area (Å²) < 4.78 is 59.7. The van der Waals surface area contributed by atoms with Gasteiger partial charge in [-0.05, 0) is 57.1 Å². The molecule has 3 unspecified atom stereocenters. The first kappa shape index (κ1) is 57.4. The molecule has 3 amide bonds. The molecular formula is C50H56F2N11O11S+. The summed E-state index contributed by atoms with van der Waals surface area (Å²) in [7, 11) is 5.53. The minimum absolute atomic E-state index is 0.0211. The molecule has 0 saturated heterocycles. The fraction of sp³-hybridized carbons (Fsp3) is 0.340. The topological polar surface area (TPSA) is 257 Å². The Bertz CT molecular complexity index is 2960. The van der Waals surface area contributed by atoms with Crippen molar-refractivity contribution in [3.63, 3.8) is 0 Å². The van der Waals surface area contributed by atoms with Gasteiger partial charge in [-0.25, -0.2) is 38.1 Å². The van der Waals surface area contributed by atoms with Gasteiger partial charge in [0.15, 0.2) is 0 Å². The maximum atomic E-state index is 15.5. The van der Waals surface area contributed by atoms with Crippen molar-refractivity contribution in [3.8, 4) is 17.3 Å². The van der Waals surface area contributed by atoms with E-state index in [0.29, 0.717) is 27.4 Å². The number of carbonyl (C=O) groups excluding carboxylic acids is 5. The van der Waals surface area contributed by atoms with Crippen LogP contribution in [0.2, 0.25) is 0 Å². The van der Waals surface area contributed by atoms with Crippen molar-refractivity contribution in [1.82, 2.24) is 34.9 Å². The van der Waals surface area contributed by atoms with Gasteiger partial charge in [-0.1, -0.05) is 37.3 Å². The third-order valence-electron chi connectivity index (χ3n) is 11.2. The fourth-order valence-corrected chi connectivity index (χ4v) is 8.06. The van der Waals surface area contributed by atoms with Crippen LogP contribution in [0.15, 0.2) is 107 Å². The predicted molar refractivity (Wildman–Crippen MR) is 266 cm³/mol. The smallest absolute Gasteiger partial charge is 0.418 e. The minimum atomic E-state index is -2.12. The maximum Gasteiger partial charge on any atom is 0.418 e. The highest BCUT2D eigenvalue weighted by Gasteiger charge is 2.44. The van der Waals surface area contributed by atoms with E-state index in [1.165, 1.54) is 80.5 Å². The molecule has 0 radical (unpaired) electrons. The molecule has 4 atom stereocenters. The molecule has 25 heteroatoms. The van der Waals surface area contributed by atoms with Crippen molar-refractivity contribution in [2.45, 2.75) is 64.9 Å². The highest BCUT2D eigenvalue weighted by molar-refractivity contribution is 7.10. The standard InChI is InChI=1S/C50H56F2N11O11S/c1-10-12-36(25-71-43(65)24-59(7)47(66)73-33(4)74-49(68)61(9)45-37(13-11-20-56-45)26-70-42(64)23-54-5)44(55-6)60(8)48(67)72-32(3)62-29-57-63(30-62)28-50(69,39-21-38(51)18-19-40(39)52)31(2)46-58-41(27-75-46)35-16-14-34(22-53)15-17-35/h10-21,27,29-33,54,69H,6,23-26,28H2,1-5,7-9H3/q+1/b12-10-,44-36-/t31-,32?,33?,50?/m0/s1. The largest absolute Gasteiger partial charge is 0.460 e. The second-order valence-corrected chi connectivity index (χ2v) is 17.4. The SMILES string of the molecule is C=N/C(=C(\C=C/C)COC(=O)CN(C)C(=O)OC(C)OC(=O)N(C)c1ncccc1COC(=O)CNC)N(C)C(=O)OC(C)[n+]1cnn(CC(O)(c2cc(F)ccc2F)[C@@H](C)c2nc(-c3ccc(C#N)cc3)cs2)c1. The monoisotopic (exact) mass is 1060 g/mol. The van der Waals surface area contributed by atoms with E-state index in [1.807, 2.05) is 0 Å². The number of likely N-dealkylation sites (N-methyl/N-ethyl adjacent to an activating group) is 2. The number of anilines is 1. The lowest BCUT2D eigenvalue weighted by molar-refractivity contribution is -0.753. The molecule has 3 aromatic heterocycles. The van der Waals surface area contributed by atoms with Crippen LogP contribution in [0.3, 0.4) is 0 Å². The van der Waals surface area contributed by atoms with Crippen LogP contribution < -0.4 is 14.8 Å². The summed E-state index contributed by atoms with van der Waals surface area (Å²) in [4.78, 5) is 80.0. The number of hydrogen-bond donors (Lipinski definition) is 2. The number of hydrogen-bond acceptors (Lipinski definition) is 18. The molecule has 0 bridgehead atoms. The van der Waals surface area contributed by atoms with E-state index in [-0.39, 0.29) is 35.9 Å². The number of ether oxygens (including phenoxy) is 5. The lowest BCUT2D eigenvalue weighted by Gasteiger charge is -2.32. The van der Waals surface area contributed by atoms with Crippen molar-refractivity contribution < 1.29 is 66.1 Å². The Morgan fingerprint density at radius 3 is 2.41 bits per heavy atom. The van der Waals surface area contributed by atoms with Crippen LogP contribution in [0.25, 0.3) is 11.3 Å². The van der Waals surface area contributed by atoms with E-state index >= 15 is 4.39 Å². The number of thiazole rings is 1. The molecule has 0 saturated carbocycles. The van der Waals surface area contributed by atoms with Crippen LogP contribution in [0.1, 0.15) is 61.5 Å². The van der Waals surface area contributed by atoms with Gasteiger partial charge in [-0.2, -0.15) is 9.83 Å². The van der Waals surface area contributed by atoms with Crippen LogP contribution in [-0.2, 0) is 52.0 Å². The molecule has 0 aliphatic rings. The van der Waals surface area contributed by atoms with E-state index in [1.54, 1.807) is 68.7 Å². The number of pyridine rings is 1. The normalized spacial score (nSPS) is 13.5. The number of nitrogens with zero attached hydrogens (tertiary/aromatic N) is 10. The van der Waals surface area contributed by atoms with Crippen molar-refractivity contribution in [2.75, 3.05) is 52.8 Å². The highest BCUT2D eigenvalue weighted by Crippen LogP contribution is 2.41. The lowest BCUT2D eigenvalue weighted by Crippen LogP contribution is -2.42. The molecule has 0 fully saturated rings. The van der Waals surface area contributed by atoms with Gasteiger partial charge in [-0.3, -0.25) is 19.4 Å². The third kappa shape index (κ3) is 15.1. The summed E-state index contributed by atoms with van der Waals surface area (Å²) >= 11 is 1.21. The van der Waals surface area contributed by atoms with Crippen LogP contribution in [0, 0.1) is 23.0 Å². The van der Waals surface area contributed by atoms with E-state index < -0.39 is 85.6 Å². The molecule has 2 aromatic carbocycles. The molecule has 2 N–H and O–H groups in total. The van der Waals surface area contributed by atoms with Crippen molar-refractivity contribution in [2.24, 2.45) is 4.99 Å². The molecule has 0 aliphatic heterocycles. The Morgan fingerprint density at radius 2 is 1.73 bits per heavy atom. The molecule has 3 heterocycles. The van der Waals surface area contributed by atoms with Gasteiger partial charge < -0.3 is 39.0 Å². The molecule has 75 heavy (non-hydrogen) atoms. The Hall–Kier alpha value is -8.47. The zero-order valence-corrected chi connectivity index (χ0v) is 43.1. The molecule has 0 aliphatic carbocycles. The first-order valence-electron chi connectivity index (χ1n) is 22.8.